The fourth-order valence-corrected chi connectivity index (χ4v) is 4.14. The second-order valence-electron chi connectivity index (χ2n) is 7.47. The van der Waals surface area contributed by atoms with E-state index in [4.69, 9.17) is 10.1 Å². The molecule has 4 nitrogen and oxygen atoms in total. The molecule has 5 rings (SSSR count). The van der Waals surface area contributed by atoms with E-state index in [9.17, 15) is 0 Å². The fourth-order valence-electron chi connectivity index (χ4n) is 4.14. The topological polar surface area (TPSA) is 43.1 Å². The molecule has 3 heterocycles. The molecule has 0 fully saturated rings. The molecular weight excluding hydrogens is 356 g/mol. The number of rotatable bonds is 3. The molecule has 1 aliphatic rings. The molecule has 1 atom stereocenters. The first kappa shape index (κ1) is 17.6. The Hall–Kier alpha value is -3.53. The normalized spacial score (nSPS) is 15.7. The van der Waals surface area contributed by atoms with Crippen LogP contribution in [0.3, 0.4) is 0 Å². The van der Waals surface area contributed by atoms with Crippen molar-refractivity contribution in [3.63, 3.8) is 0 Å². The summed E-state index contributed by atoms with van der Waals surface area (Å²) in [4.78, 5) is 9.50. The number of aryl methyl sites for hydroxylation is 2. The summed E-state index contributed by atoms with van der Waals surface area (Å²) in [5.41, 5.74) is 7.93. The van der Waals surface area contributed by atoms with Gasteiger partial charge in [-0.05, 0) is 42.2 Å². The first-order valence-electron chi connectivity index (χ1n) is 9.90. The summed E-state index contributed by atoms with van der Waals surface area (Å²) < 4.78 is 2.08. The molecule has 0 amide bonds. The number of pyridine rings is 1. The second-order valence-corrected chi connectivity index (χ2v) is 7.47. The zero-order valence-electron chi connectivity index (χ0n) is 16.6. The van der Waals surface area contributed by atoms with Crippen LogP contribution in [0.4, 0.5) is 5.82 Å². The Labute approximate surface area is 170 Å². The third-order valence-electron chi connectivity index (χ3n) is 5.57. The van der Waals surface area contributed by atoms with Gasteiger partial charge < -0.3 is 0 Å². The van der Waals surface area contributed by atoms with E-state index < -0.39 is 0 Å². The molecule has 0 N–H and O–H groups in total. The standard InChI is InChI=1S/C25H22N4/c1-17-9-6-7-13-21(17)22-15-23(20-12-8-14-26-16-20)29-25(27-22)24(18(2)28-29)19-10-4-3-5-11-19/h3-14,16,23H,15H2,1-2H3. The average Bonchev–Trinajstić information content (AvgIpc) is 3.10. The number of hydrogen-bond donors (Lipinski definition) is 0. The lowest BCUT2D eigenvalue weighted by Crippen LogP contribution is -2.21. The number of benzene rings is 2. The van der Waals surface area contributed by atoms with Crippen LogP contribution in [-0.2, 0) is 0 Å². The number of fused-ring (bicyclic) bond motifs is 1. The first-order chi connectivity index (χ1) is 14.2. The molecule has 2 aromatic carbocycles. The summed E-state index contributed by atoms with van der Waals surface area (Å²) in [5.74, 6) is 0.923. The lowest BCUT2D eigenvalue weighted by molar-refractivity contribution is 0.528. The highest BCUT2D eigenvalue weighted by atomic mass is 15.4. The van der Waals surface area contributed by atoms with Gasteiger partial charge in [0.1, 0.15) is 0 Å². The minimum atomic E-state index is 0.0713. The minimum Gasteiger partial charge on any atom is -0.264 e. The van der Waals surface area contributed by atoms with Gasteiger partial charge in [-0.2, -0.15) is 5.10 Å². The molecule has 2 aromatic heterocycles. The van der Waals surface area contributed by atoms with E-state index >= 15 is 0 Å². The van der Waals surface area contributed by atoms with Crippen molar-refractivity contribution in [1.82, 2.24) is 14.8 Å². The van der Waals surface area contributed by atoms with Crippen molar-refractivity contribution in [2.75, 3.05) is 0 Å². The number of nitrogens with zero attached hydrogens (tertiary/aromatic N) is 4. The van der Waals surface area contributed by atoms with Gasteiger partial charge in [0.05, 0.1) is 17.4 Å². The van der Waals surface area contributed by atoms with Gasteiger partial charge in [-0.3, -0.25) is 4.98 Å². The quantitative estimate of drug-likeness (QED) is 0.460. The summed E-state index contributed by atoms with van der Waals surface area (Å²) in [6.07, 6.45) is 4.54. The maximum absolute atomic E-state index is 5.15. The molecule has 29 heavy (non-hydrogen) atoms. The largest absolute Gasteiger partial charge is 0.264 e. The van der Waals surface area contributed by atoms with Crippen molar-refractivity contribution in [3.8, 4) is 11.1 Å². The third-order valence-corrected chi connectivity index (χ3v) is 5.57. The van der Waals surface area contributed by atoms with Gasteiger partial charge in [-0.15, -0.1) is 0 Å². The smallest absolute Gasteiger partial charge is 0.159 e. The van der Waals surface area contributed by atoms with Crippen LogP contribution < -0.4 is 0 Å². The summed E-state index contributed by atoms with van der Waals surface area (Å²) >= 11 is 0. The van der Waals surface area contributed by atoms with Crippen molar-refractivity contribution in [1.29, 1.82) is 0 Å². The molecule has 1 unspecified atom stereocenters. The molecule has 0 spiro atoms. The van der Waals surface area contributed by atoms with Crippen LogP contribution in [0.5, 0.6) is 0 Å². The van der Waals surface area contributed by atoms with Crippen LogP contribution in [-0.4, -0.2) is 20.5 Å². The third kappa shape index (κ3) is 3.07. The lowest BCUT2D eigenvalue weighted by atomic mass is 9.94. The zero-order valence-corrected chi connectivity index (χ0v) is 16.6. The Kier molecular flexibility index (Phi) is 4.32. The molecule has 1 aliphatic heterocycles. The van der Waals surface area contributed by atoms with Crippen LogP contribution in [0.2, 0.25) is 0 Å². The van der Waals surface area contributed by atoms with Crippen LogP contribution >= 0.6 is 0 Å². The molecule has 142 valence electrons. The summed E-state index contributed by atoms with van der Waals surface area (Å²) in [6.45, 7) is 4.21. The van der Waals surface area contributed by atoms with E-state index in [0.29, 0.717) is 0 Å². The molecule has 0 bridgehead atoms. The Morgan fingerprint density at radius 3 is 2.45 bits per heavy atom. The van der Waals surface area contributed by atoms with E-state index in [-0.39, 0.29) is 6.04 Å². The lowest BCUT2D eigenvalue weighted by Gasteiger charge is -2.25. The number of aromatic nitrogens is 3. The monoisotopic (exact) mass is 378 g/mol. The van der Waals surface area contributed by atoms with Crippen LogP contribution in [0.15, 0.2) is 84.1 Å². The Balaban J connectivity index is 1.75. The van der Waals surface area contributed by atoms with Gasteiger partial charge in [0, 0.05) is 24.4 Å². The molecule has 0 saturated carbocycles. The summed E-state index contributed by atoms with van der Waals surface area (Å²) in [5, 5.41) is 4.92. The van der Waals surface area contributed by atoms with Gasteiger partial charge >= 0.3 is 0 Å². The predicted molar refractivity (Wildman–Crippen MR) is 117 cm³/mol. The molecule has 0 saturated heterocycles. The van der Waals surface area contributed by atoms with Gasteiger partial charge in [0.15, 0.2) is 5.82 Å². The summed E-state index contributed by atoms with van der Waals surface area (Å²) in [7, 11) is 0. The Bertz CT molecular complexity index is 1190. The number of hydrogen-bond acceptors (Lipinski definition) is 3. The maximum Gasteiger partial charge on any atom is 0.159 e. The van der Waals surface area contributed by atoms with E-state index in [1.807, 2.05) is 24.5 Å². The van der Waals surface area contributed by atoms with Crippen molar-refractivity contribution < 1.29 is 0 Å². The van der Waals surface area contributed by atoms with E-state index in [0.717, 1.165) is 40.3 Å². The van der Waals surface area contributed by atoms with E-state index in [1.54, 1.807) is 0 Å². The highest BCUT2D eigenvalue weighted by Crippen LogP contribution is 2.41. The second kappa shape index (κ2) is 7.13. The van der Waals surface area contributed by atoms with Crippen molar-refractivity contribution >= 4 is 11.5 Å². The zero-order chi connectivity index (χ0) is 19.8. The minimum absolute atomic E-state index is 0.0713. The van der Waals surface area contributed by atoms with Crippen LogP contribution in [0.1, 0.15) is 34.8 Å². The van der Waals surface area contributed by atoms with Crippen molar-refractivity contribution in [2.45, 2.75) is 26.3 Å². The molecule has 0 aliphatic carbocycles. The SMILES string of the molecule is Cc1ccccc1C1=Nc2c(-c3ccccc3)c(C)nn2C(c2cccnc2)C1. The molecular formula is C25H22N4. The van der Waals surface area contributed by atoms with Gasteiger partial charge in [0.25, 0.3) is 0 Å². The van der Waals surface area contributed by atoms with Gasteiger partial charge in [0.2, 0.25) is 0 Å². The summed E-state index contributed by atoms with van der Waals surface area (Å²) in [6, 6.07) is 23.1. The maximum atomic E-state index is 5.15. The van der Waals surface area contributed by atoms with Crippen LogP contribution in [0.25, 0.3) is 11.1 Å². The molecule has 4 aromatic rings. The fraction of sp³-hybridized carbons (Fsp3) is 0.160. The van der Waals surface area contributed by atoms with Crippen molar-refractivity contribution in [3.05, 3.63) is 102 Å². The van der Waals surface area contributed by atoms with Crippen LogP contribution in [0, 0.1) is 13.8 Å². The Morgan fingerprint density at radius 2 is 1.69 bits per heavy atom. The molecule has 0 radical (unpaired) electrons. The molecule has 4 heteroatoms. The predicted octanol–water partition coefficient (Wildman–Crippen LogP) is 5.68. The van der Waals surface area contributed by atoms with Gasteiger partial charge in [-0.25, -0.2) is 9.67 Å². The van der Waals surface area contributed by atoms with Gasteiger partial charge in [-0.1, -0.05) is 60.7 Å². The first-order valence-corrected chi connectivity index (χ1v) is 9.90. The van der Waals surface area contributed by atoms with E-state index in [2.05, 4.69) is 78.1 Å². The number of aliphatic imine (C=N–C) groups is 1. The highest BCUT2D eigenvalue weighted by Gasteiger charge is 2.30. The Morgan fingerprint density at radius 1 is 0.897 bits per heavy atom. The highest BCUT2D eigenvalue weighted by molar-refractivity contribution is 6.05. The average molecular weight is 378 g/mol. The van der Waals surface area contributed by atoms with Crippen molar-refractivity contribution in [2.24, 2.45) is 4.99 Å². The van der Waals surface area contributed by atoms with E-state index in [1.165, 1.54) is 11.1 Å².